The van der Waals surface area contributed by atoms with E-state index in [4.69, 9.17) is 0 Å². The molecule has 0 aromatic rings. The summed E-state index contributed by atoms with van der Waals surface area (Å²) in [6.45, 7) is 0.221. The lowest BCUT2D eigenvalue weighted by atomic mass is 10.5. The van der Waals surface area contributed by atoms with Crippen molar-refractivity contribution < 1.29 is 9.90 Å². The molecule has 4 nitrogen and oxygen atoms in total. The molecule has 0 aromatic carbocycles. The number of primary amides is 1. The van der Waals surface area contributed by atoms with Crippen LogP contribution in [0.3, 0.4) is 0 Å². The smallest absolute Gasteiger partial charge is 0.312 e. The van der Waals surface area contributed by atoms with Gasteiger partial charge in [-0.05, 0) is 6.42 Å². The molecule has 0 aliphatic carbocycles. The maximum Gasteiger partial charge on any atom is 0.312 e. The van der Waals surface area contributed by atoms with E-state index in [2.05, 4.69) is 11.1 Å². The van der Waals surface area contributed by atoms with E-state index in [1.165, 1.54) is 0 Å². The molecule has 3 N–H and O–H groups in total. The number of rotatable bonds is 3. The molecule has 0 aromatic heterocycles. The van der Waals surface area contributed by atoms with Crippen LogP contribution in [0, 0.1) is 0 Å². The molecule has 0 aliphatic heterocycles. The van der Waals surface area contributed by atoms with Gasteiger partial charge in [0.25, 0.3) is 0 Å². The molecule has 2 amide bonds. The van der Waals surface area contributed by atoms with Gasteiger partial charge in [-0.1, -0.05) is 0 Å². The summed E-state index contributed by atoms with van der Waals surface area (Å²) < 4.78 is 0. The summed E-state index contributed by atoms with van der Waals surface area (Å²) in [5.41, 5.74) is 4.68. The van der Waals surface area contributed by atoms with E-state index < -0.39 is 6.03 Å². The van der Waals surface area contributed by atoms with Crippen molar-refractivity contribution in [3.05, 3.63) is 0 Å². The average Bonchev–Trinajstić information content (AvgIpc) is 1.66. The number of hydrogen-bond donors (Lipinski definition) is 2. The molecule has 0 saturated heterocycles. The minimum Gasteiger partial charge on any atom is -0.352 e. The molecular formula is C4H9N2O2. The van der Waals surface area contributed by atoms with E-state index in [0.29, 0.717) is 13.0 Å². The quantitative estimate of drug-likeness (QED) is 0.479. The number of amides is 2. The Balaban J connectivity index is 2.82. The number of nitrogens with two attached hydrogens (primary N) is 1. The summed E-state index contributed by atoms with van der Waals surface area (Å²) in [5.74, 6) is 0. The maximum atomic E-state index is 9.88. The fourth-order valence-electron chi connectivity index (χ4n) is 0.284. The standard InChI is InChI=1S/C4H9N2O2/c5-4(8)6-2-1-3-7/h1-3H2,(H3,5,6,8). The van der Waals surface area contributed by atoms with Gasteiger partial charge in [0.05, 0.1) is 6.61 Å². The Morgan fingerprint density at radius 3 is 2.62 bits per heavy atom. The molecule has 4 heteroatoms. The summed E-state index contributed by atoms with van der Waals surface area (Å²) in [4.78, 5) is 9.88. The minimum absolute atomic E-state index is 0.166. The first-order valence-corrected chi connectivity index (χ1v) is 2.39. The summed E-state index contributed by atoms with van der Waals surface area (Å²) in [5, 5.41) is 12.0. The van der Waals surface area contributed by atoms with Gasteiger partial charge < -0.3 is 11.1 Å². The molecule has 0 saturated carbocycles. The van der Waals surface area contributed by atoms with E-state index in [-0.39, 0.29) is 6.61 Å². The number of urea groups is 1. The Morgan fingerprint density at radius 1 is 1.62 bits per heavy atom. The van der Waals surface area contributed by atoms with Gasteiger partial charge in [0, 0.05) is 6.54 Å². The van der Waals surface area contributed by atoms with Crippen LogP contribution in [0.2, 0.25) is 0 Å². The van der Waals surface area contributed by atoms with Crippen molar-refractivity contribution in [1.82, 2.24) is 5.32 Å². The highest BCUT2D eigenvalue weighted by Crippen LogP contribution is 1.69. The van der Waals surface area contributed by atoms with Crippen molar-refractivity contribution in [3.63, 3.8) is 0 Å². The van der Waals surface area contributed by atoms with Gasteiger partial charge in [-0.2, -0.15) is 0 Å². The zero-order valence-corrected chi connectivity index (χ0v) is 4.52. The zero-order chi connectivity index (χ0) is 6.41. The number of carbonyl (C=O) groups excluding carboxylic acids is 1. The third-order valence-electron chi connectivity index (χ3n) is 0.620. The Hall–Kier alpha value is -0.770. The highest BCUT2D eigenvalue weighted by Gasteiger charge is 1.87. The van der Waals surface area contributed by atoms with Crippen LogP contribution in [0.15, 0.2) is 0 Å². The molecule has 0 rings (SSSR count). The lowest BCUT2D eigenvalue weighted by Crippen LogP contribution is -2.30. The average molecular weight is 117 g/mol. The molecule has 0 atom stereocenters. The minimum atomic E-state index is -0.571. The third kappa shape index (κ3) is 5.23. The Labute approximate surface area is 47.7 Å². The molecule has 1 radical (unpaired) electrons. The van der Waals surface area contributed by atoms with Crippen molar-refractivity contribution in [2.75, 3.05) is 13.2 Å². The summed E-state index contributed by atoms with van der Waals surface area (Å²) >= 11 is 0. The van der Waals surface area contributed by atoms with Crippen molar-refractivity contribution in [1.29, 1.82) is 0 Å². The normalized spacial score (nSPS) is 8.62. The lowest BCUT2D eigenvalue weighted by molar-refractivity contribution is 0.188. The zero-order valence-electron chi connectivity index (χ0n) is 4.52. The van der Waals surface area contributed by atoms with E-state index in [1.807, 2.05) is 0 Å². The summed E-state index contributed by atoms with van der Waals surface area (Å²) in [6, 6.07) is -0.571. The van der Waals surface area contributed by atoms with Gasteiger partial charge in [0.2, 0.25) is 0 Å². The highest BCUT2D eigenvalue weighted by molar-refractivity contribution is 5.71. The fraction of sp³-hybridized carbons (Fsp3) is 0.750. The van der Waals surface area contributed by atoms with E-state index in [1.54, 1.807) is 0 Å². The van der Waals surface area contributed by atoms with Crippen molar-refractivity contribution in [2.24, 2.45) is 5.73 Å². The highest BCUT2D eigenvalue weighted by atomic mass is 16.3. The summed E-state index contributed by atoms with van der Waals surface area (Å²) in [6.07, 6.45) is 0.447. The van der Waals surface area contributed by atoms with Gasteiger partial charge in [-0.25, -0.2) is 9.90 Å². The van der Waals surface area contributed by atoms with Crippen LogP contribution < -0.4 is 11.1 Å². The molecule has 0 heterocycles. The summed E-state index contributed by atoms with van der Waals surface area (Å²) in [7, 11) is 0. The number of hydrogen-bond acceptors (Lipinski definition) is 1. The first kappa shape index (κ1) is 7.23. The lowest BCUT2D eigenvalue weighted by Gasteiger charge is -1.94. The fourth-order valence-corrected chi connectivity index (χ4v) is 0.284. The second-order valence-electron chi connectivity index (χ2n) is 1.35. The predicted octanol–water partition coefficient (Wildman–Crippen LogP) is -0.525. The first-order valence-electron chi connectivity index (χ1n) is 2.39. The van der Waals surface area contributed by atoms with Crippen LogP contribution in [0.1, 0.15) is 6.42 Å². The first-order chi connectivity index (χ1) is 3.77. The molecule has 47 valence electrons. The van der Waals surface area contributed by atoms with Gasteiger partial charge in [0.1, 0.15) is 0 Å². The number of carbonyl (C=O) groups is 1. The molecule has 0 bridgehead atoms. The second kappa shape index (κ2) is 4.39. The van der Waals surface area contributed by atoms with Crippen LogP contribution in [0.5, 0.6) is 0 Å². The molecule has 0 unspecified atom stereocenters. The van der Waals surface area contributed by atoms with Gasteiger partial charge >= 0.3 is 6.03 Å². The van der Waals surface area contributed by atoms with Crippen LogP contribution >= 0.6 is 0 Å². The molecule has 8 heavy (non-hydrogen) atoms. The van der Waals surface area contributed by atoms with Crippen LogP contribution in [0.25, 0.3) is 0 Å². The van der Waals surface area contributed by atoms with E-state index in [0.717, 1.165) is 0 Å². The number of nitrogens with one attached hydrogen (secondary N) is 1. The molecule has 0 fully saturated rings. The third-order valence-corrected chi connectivity index (χ3v) is 0.620. The Morgan fingerprint density at radius 2 is 2.25 bits per heavy atom. The van der Waals surface area contributed by atoms with Gasteiger partial charge in [-0.15, -0.1) is 0 Å². The SMILES string of the molecule is NC(=O)NCCC[O]. The monoisotopic (exact) mass is 117 g/mol. The van der Waals surface area contributed by atoms with Gasteiger partial charge in [-0.3, -0.25) is 0 Å². The molecule has 0 spiro atoms. The van der Waals surface area contributed by atoms with Crippen molar-refractivity contribution in [3.8, 4) is 0 Å². The van der Waals surface area contributed by atoms with Crippen molar-refractivity contribution in [2.45, 2.75) is 6.42 Å². The van der Waals surface area contributed by atoms with E-state index in [9.17, 15) is 9.90 Å². The van der Waals surface area contributed by atoms with E-state index >= 15 is 0 Å². The predicted molar refractivity (Wildman–Crippen MR) is 27.8 cm³/mol. The topological polar surface area (TPSA) is 75.0 Å². The Bertz CT molecular complexity index is 74.4. The molecule has 0 aliphatic rings. The maximum absolute atomic E-state index is 9.88. The van der Waals surface area contributed by atoms with Crippen LogP contribution in [-0.2, 0) is 5.11 Å². The van der Waals surface area contributed by atoms with Crippen LogP contribution in [0.4, 0.5) is 4.79 Å². The molecular weight excluding hydrogens is 108 g/mol. The Kier molecular flexibility index (Phi) is 3.97. The largest absolute Gasteiger partial charge is 0.352 e. The van der Waals surface area contributed by atoms with Gasteiger partial charge in [0.15, 0.2) is 0 Å². The second-order valence-corrected chi connectivity index (χ2v) is 1.35. The van der Waals surface area contributed by atoms with Crippen molar-refractivity contribution >= 4 is 6.03 Å². The van der Waals surface area contributed by atoms with Crippen LogP contribution in [-0.4, -0.2) is 19.2 Å².